The van der Waals surface area contributed by atoms with Crippen molar-refractivity contribution in [3.63, 3.8) is 0 Å². The van der Waals surface area contributed by atoms with E-state index in [1.807, 2.05) is 17.4 Å². The Hall–Kier alpha value is -7.53. The fraction of sp³-hybridized carbons (Fsp3) is 0. The monoisotopic (exact) mass is 767 g/mol. The number of rotatable bonds is 5. The van der Waals surface area contributed by atoms with Gasteiger partial charge in [0.05, 0.1) is 0 Å². The fourth-order valence-corrected chi connectivity index (χ4v) is 10.1. The van der Waals surface area contributed by atoms with Gasteiger partial charge in [0.15, 0.2) is 17.5 Å². The molecule has 2 aromatic heterocycles. The number of fused-ring (bicyclic) bond motifs is 8. The average molecular weight is 768 g/mol. The summed E-state index contributed by atoms with van der Waals surface area (Å²) in [5.74, 6) is 1.92. The summed E-state index contributed by atoms with van der Waals surface area (Å²) in [5, 5.41) is 12.1. The molecule has 12 rings (SSSR count). The van der Waals surface area contributed by atoms with Gasteiger partial charge in [0.1, 0.15) is 0 Å². The largest absolute Gasteiger partial charge is 0.208 e. The van der Waals surface area contributed by atoms with Crippen LogP contribution in [0.15, 0.2) is 200 Å². The molecule has 0 unspecified atom stereocenters. The molecule has 0 aliphatic carbocycles. The van der Waals surface area contributed by atoms with Gasteiger partial charge in [-0.15, -0.1) is 11.3 Å². The van der Waals surface area contributed by atoms with Gasteiger partial charge >= 0.3 is 0 Å². The van der Waals surface area contributed by atoms with E-state index >= 15 is 0 Å². The van der Waals surface area contributed by atoms with Crippen molar-refractivity contribution >= 4 is 74.6 Å². The van der Waals surface area contributed by atoms with Crippen molar-refractivity contribution in [2.24, 2.45) is 0 Å². The van der Waals surface area contributed by atoms with Gasteiger partial charge in [-0.05, 0) is 102 Å². The van der Waals surface area contributed by atoms with Crippen molar-refractivity contribution in [3.05, 3.63) is 200 Å². The molecule has 4 heteroatoms. The van der Waals surface area contributed by atoms with Crippen LogP contribution in [0.4, 0.5) is 0 Å². The van der Waals surface area contributed by atoms with Crippen LogP contribution < -0.4 is 0 Å². The minimum absolute atomic E-state index is 0.639. The lowest BCUT2D eigenvalue weighted by Gasteiger charge is -2.17. The number of aromatic nitrogens is 3. The number of hydrogen-bond acceptors (Lipinski definition) is 4. The van der Waals surface area contributed by atoms with Gasteiger partial charge in [0.25, 0.3) is 0 Å². The third kappa shape index (κ3) is 5.53. The first-order valence-electron chi connectivity index (χ1n) is 19.9. The molecule has 0 N–H and O–H groups in total. The molecular formula is C55H33N3S. The number of thiophene rings is 1. The van der Waals surface area contributed by atoms with E-state index in [1.54, 1.807) is 0 Å². The van der Waals surface area contributed by atoms with Crippen LogP contribution in [0.5, 0.6) is 0 Å². The van der Waals surface area contributed by atoms with Crippen LogP contribution in [0.2, 0.25) is 0 Å². The van der Waals surface area contributed by atoms with Crippen molar-refractivity contribution in [3.8, 4) is 56.4 Å². The zero-order valence-corrected chi connectivity index (χ0v) is 32.6. The molecule has 0 amide bonds. The molecule has 10 aromatic carbocycles. The number of nitrogens with zero attached hydrogens (tertiary/aromatic N) is 3. The lowest BCUT2D eigenvalue weighted by atomic mass is 9.87. The third-order valence-corrected chi connectivity index (χ3v) is 12.9. The zero-order chi connectivity index (χ0) is 38.9. The molecule has 0 bridgehead atoms. The molecule has 2 heterocycles. The van der Waals surface area contributed by atoms with Gasteiger partial charge in [0, 0.05) is 36.9 Å². The molecule has 0 aliphatic rings. The third-order valence-electron chi connectivity index (χ3n) is 11.7. The molecule has 3 nitrogen and oxygen atoms in total. The van der Waals surface area contributed by atoms with Gasteiger partial charge < -0.3 is 0 Å². The van der Waals surface area contributed by atoms with Crippen molar-refractivity contribution in [2.45, 2.75) is 0 Å². The Morgan fingerprint density at radius 3 is 1.69 bits per heavy atom. The molecule has 0 spiro atoms. The average Bonchev–Trinajstić information content (AvgIpc) is 3.69. The van der Waals surface area contributed by atoms with Crippen molar-refractivity contribution < 1.29 is 0 Å². The minimum Gasteiger partial charge on any atom is -0.208 e. The minimum atomic E-state index is 0.639. The first kappa shape index (κ1) is 33.6. The number of hydrogen-bond donors (Lipinski definition) is 0. The van der Waals surface area contributed by atoms with Crippen LogP contribution in [-0.2, 0) is 0 Å². The van der Waals surface area contributed by atoms with E-state index in [2.05, 4.69) is 194 Å². The maximum Gasteiger partial charge on any atom is 0.164 e. The van der Waals surface area contributed by atoms with E-state index in [9.17, 15) is 0 Å². The highest BCUT2D eigenvalue weighted by molar-refractivity contribution is 7.25. The first-order valence-corrected chi connectivity index (χ1v) is 20.8. The molecule has 274 valence electrons. The maximum atomic E-state index is 5.35. The lowest BCUT2D eigenvalue weighted by Crippen LogP contribution is -2.01. The Morgan fingerprint density at radius 1 is 0.271 bits per heavy atom. The molecule has 0 saturated carbocycles. The highest BCUT2D eigenvalue weighted by atomic mass is 32.1. The quantitative estimate of drug-likeness (QED) is 0.129. The summed E-state index contributed by atoms with van der Waals surface area (Å²) in [4.78, 5) is 16.0. The summed E-state index contributed by atoms with van der Waals surface area (Å²) in [7, 11) is 0. The van der Waals surface area contributed by atoms with E-state index in [1.165, 1.54) is 63.6 Å². The van der Waals surface area contributed by atoms with E-state index in [-0.39, 0.29) is 0 Å². The molecular weight excluding hydrogens is 735 g/mol. The smallest absolute Gasteiger partial charge is 0.164 e. The SMILES string of the molecule is c1ccc(-c2ccccc2-c2nc(-c3ccc4sc5ccccc5c4c3)nc(-c3ccc(-c4c5ccccc5cc5c4ccc4ccccc45)c4ccccc34)n2)cc1. The fourth-order valence-electron chi connectivity index (χ4n) is 8.98. The molecule has 0 radical (unpaired) electrons. The van der Waals surface area contributed by atoms with Crippen LogP contribution in [0.25, 0.3) is 120 Å². The Kier molecular flexibility index (Phi) is 7.72. The predicted octanol–water partition coefficient (Wildman–Crippen LogP) is 15.2. The summed E-state index contributed by atoms with van der Waals surface area (Å²) in [5.41, 5.74) is 7.48. The van der Waals surface area contributed by atoms with Gasteiger partial charge in [0.2, 0.25) is 0 Å². The Labute approximate surface area is 344 Å². The van der Waals surface area contributed by atoms with Crippen molar-refractivity contribution in [1.29, 1.82) is 0 Å². The zero-order valence-electron chi connectivity index (χ0n) is 31.8. The van der Waals surface area contributed by atoms with Crippen LogP contribution in [0.3, 0.4) is 0 Å². The summed E-state index contributed by atoms with van der Waals surface area (Å²) >= 11 is 1.81. The molecule has 0 saturated heterocycles. The van der Waals surface area contributed by atoms with E-state index in [4.69, 9.17) is 15.0 Å². The second-order valence-electron chi connectivity index (χ2n) is 15.1. The van der Waals surface area contributed by atoms with Crippen LogP contribution in [0, 0.1) is 0 Å². The lowest BCUT2D eigenvalue weighted by molar-refractivity contribution is 1.08. The summed E-state index contributed by atoms with van der Waals surface area (Å²) < 4.78 is 2.52. The van der Waals surface area contributed by atoms with Crippen molar-refractivity contribution in [1.82, 2.24) is 15.0 Å². The Balaban J connectivity index is 1.12. The van der Waals surface area contributed by atoms with Gasteiger partial charge in [-0.25, -0.2) is 15.0 Å². The number of benzene rings is 10. The van der Waals surface area contributed by atoms with Crippen molar-refractivity contribution in [2.75, 3.05) is 0 Å². The summed E-state index contributed by atoms with van der Waals surface area (Å²) in [6.45, 7) is 0. The Morgan fingerprint density at radius 2 is 0.864 bits per heavy atom. The molecule has 0 atom stereocenters. The van der Waals surface area contributed by atoms with E-state index < -0.39 is 0 Å². The molecule has 0 fully saturated rings. The second kappa shape index (κ2) is 13.6. The second-order valence-corrected chi connectivity index (χ2v) is 16.2. The maximum absolute atomic E-state index is 5.35. The van der Waals surface area contributed by atoms with E-state index in [0.29, 0.717) is 17.5 Å². The first-order chi connectivity index (χ1) is 29.2. The molecule has 0 aliphatic heterocycles. The van der Waals surface area contributed by atoms with Crippen LogP contribution >= 0.6 is 11.3 Å². The normalized spacial score (nSPS) is 11.7. The highest BCUT2D eigenvalue weighted by Crippen LogP contribution is 2.44. The van der Waals surface area contributed by atoms with Crippen LogP contribution in [-0.4, -0.2) is 15.0 Å². The molecule has 12 aromatic rings. The van der Waals surface area contributed by atoms with Gasteiger partial charge in [-0.3, -0.25) is 0 Å². The Bertz CT molecular complexity index is 3620. The van der Waals surface area contributed by atoms with Gasteiger partial charge in [-0.2, -0.15) is 0 Å². The highest BCUT2D eigenvalue weighted by Gasteiger charge is 2.20. The predicted molar refractivity (Wildman–Crippen MR) is 250 cm³/mol. The molecule has 59 heavy (non-hydrogen) atoms. The standard InChI is InChI=1S/C55H33N3S/c1-2-14-34(15-3-1)38-18-8-11-24-46(38)54-56-53(37-27-31-51-49(33-37)43-23-12-13-25-50(43)59-51)57-55(58-54)47-30-29-44(41-21-9-10-22-42(41)47)52-40-20-7-5-17-36(40)32-48-39-19-6-4-16-35(39)26-28-45(48)52/h1-33H. The topological polar surface area (TPSA) is 38.7 Å². The van der Waals surface area contributed by atoms with Crippen LogP contribution in [0.1, 0.15) is 0 Å². The van der Waals surface area contributed by atoms with Gasteiger partial charge in [-0.1, -0.05) is 164 Å². The summed E-state index contributed by atoms with van der Waals surface area (Å²) in [6.07, 6.45) is 0. The van der Waals surface area contributed by atoms with E-state index in [0.717, 1.165) is 38.6 Å². The summed E-state index contributed by atoms with van der Waals surface area (Å²) in [6, 6.07) is 71.7.